The van der Waals surface area contributed by atoms with Gasteiger partial charge in [-0.05, 0) is 43.0 Å². The zero-order chi connectivity index (χ0) is 17.1. The van der Waals surface area contributed by atoms with Gasteiger partial charge in [0.25, 0.3) is 0 Å². The summed E-state index contributed by atoms with van der Waals surface area (Å²) in [5.74, 6) is 0. The van der Waals surface area contributed by atoms with E-state index in [9.17, 15) is 10.2 Å². The molecule has 122 valence electrons. The van der Waals surface area contributed by atoms with E-state index >= 15 is 0 Å². The first-order chi connectivity index (χ1) is 11.6. The van der Waals surface area contributed by atoms with Crippen LogP contribution in [0.15, 0.2) is 57.7 Å². The summed E-state index contributed by atoms with van der Waals surface area (Å²) in [5, 5.41) is 18.3. The van der Waals surface area contributed by atoms with Gasteiger partial charge in [-0.25, -0.2) is 9.97 Å². The van der Waals surface area contributed by atoms with Gasteiger partial charge in [0.15, 0.2) is 4.73 Å². The van der Waals surface area contributed by atoms with Crippen molar-refractivity contribution in [2.75, 3.05) is 0 Å². The first-order valence-electron chi connectivity index (χ1n) is 7.25. The van der Waals surface area contributed by atoms with Gasteiger partial charge in [0, 0.05) is 11.1 Å². The fourth-order valence-corrected chi connectivity index (χ4v) is 3.33. The summed E-state index contributed by atoms with van der Waals surface area (Å²) >= 11 is 6.99. The molecule has 0 aliphatic heterocycles. The van der Waals surface area contributed by atoms with E-state index in [0.29, 0.717) is 4.73 Å². The Labute approximate surface area is 156 Å². The normalized spacial score (nSPS) is 10.8. The van der Waals surface area contributed by atoms with Gasteiger partial charge >= 0.3 is 0 Å². The van der Waals surface area contributed by atoms with Crippen LogP contribution in [0.1, 0.15) is 11.1 Å². The summed E-state index contributed by atoms with van der Waals surface area (Å²) in [6.07, 6.45) is 0. The van der Waals surface area contributed by atoms with Crippen molar-refractivity contribution >= 4 is 31.9 Å². The number of rotatable bonds is 4. The highest BCUT2D eigenvalue weighted by atomic mass is 79.9. The maximum Gasteiger partial charge on any atom is 0.197 e. The predicted octanol–water partition coefficient (Wildman–Crippen LogP) is 4.32. The Kier molecular flexibility index (Phi) is 5.40. The second kappa shape index (κ2) is 7.53. The zero-order valence-corrected chi connectivity index (χ0v) is 15.7. The molecule has 1 heterocycles. The van der Waals surface area contributed by atoms with E-state index in [1.165, 1.54) is 0 Å². The lowest BCUT2D eigenvalue weighted by molar-refractivity contribution is 0.281. The van der Waals surface area contributed by atoms with E-state index in [1.54, 1.807) is 0 Å². The lowest BCUT2D eigenvalue weighted by Crippen LogP contribution is -1.96. The van der Waals surface area contributed by atoms with E-state index in [0.717, 1.165) is 38.1 Å². The highest BCUT2D eigenvalue weighted by Gasteiger charge is 2.14. The molecule has 4 nitrogen and oxygen atoms in total. The second-order valence-electron chi connectivity index (χ2n) is 5.21. The Bertz CT molecular complexity index is 781. The average Bonchev–Trinajstić information content (AvgIpc) is 2.63. The third kappa shape index (κ3) is 3.57. The molecule has 3 aromatic rings. The maximum atomic E-state index is 9.17. The van der Waals surface area contributed by atoms with Crippen LogP contribution in [-0.4, -0.2) is 20.2 Å². The third-order valence-electron chi connectivity index (χ3n) is 3.64. The smallest absolute Gasteiger partial charge is 0.197 e. The van der Waals surface area contributed by atoms with Crippen LogP contribution in [0.5, 0.6) is 0 Å². The summed E-state index contributed by atoms with van der Waals surface area (Å²) in [4.78, 5) is 8.95. The number of aliphatic hydroxyl groups excluding tert-OH is 2. The third-order valence-corrected chi connectivity index (χ3v) is 4.75. The van der Waals surface area contributed by atoms with Crippen molar-refractivity contribution < 1.29 is 10.2 Å². The molecule has 0 atom stereocenters. The molecule has 0 aliphatic carbocycles. The van der Waals surface area contributed by atoms with Crippen LogP contribution in [0.3, 0.4) is 0 Å². The molecule has 24 heavy (non-hydrogen) atoms. The fourth-order valence-electron chi connectivity index (χ4n) is 2.34. The van der Waals surface area contributed by atoms with Crippen LogP contribution in [0.4, 0.5) is 0 Å². The minimum atomic E-state index is 0.0113. The molecule has 0 unspecified atom stereocenters. The number of aliphatic hydroxyl groups is 2. The highest BCUT2D eigenvalue weighted by molar-refractivity contribution is 9.11. The van der Waals surface area contributed by atoms with E-state index in [4.69, 9.17) is 0 Å². The van der Waals surface area contributed by atoms with Crippen molar-refractivity contribution in [2.45, 2.75) is 13.2 Å². The largest absolute Gasteiger partial charge is 0.392 e. The zero-order valence-electron chi connectivity index (χ0n) is 12.6. The number of hydrogen-bond acceptors (Lipinski definition) is 4. The molecule has 1 aromatic heterocycles. The van der Waals surface area contributed by atoms with Gasteiger partial charge < -0.3 is 10.2 Å². The van der Waals surface area contributed by atoms with E-state index in [2.05, 4.69) is 41.8 Å². The average molecular weight is 450 g/mol. The molecule has 0 spiro atoms. The first-order valence-corrected chi connectivity index (χ1v) is 8.84. The second-order valence-corrected chi connectivity index (χ2v) is 6.72. The highest BCUT2D eigenvalue weighted by Crippen LogP contribution is 2.35. The van der Waals surface area contributed by atoms with Gasteiger partial charge in [-0.3, -0.25) is 0 Å². The Balaban J connectivity index is 2.09. The van der Waals surface area contributed by atoms with Crippen LogP contribution >= 0.6 is 31.9 Å². The topological polar surface area (TPSA) is 66.2 Å². The monoisotopic (exact) mass is 448 g/mol. The number of hydrogen-bond donors (Lipinski definition) is 2. The Morgan fingerprint density at radius 1 is 0.667 bits per heavy atom. The standard InChI is InChI=1S/C18H14Br2N2O2/c19-15-16(13-5-1-11(9-23)2-6-13)21-18(20)22-17(15)14-7-3-12(10-24)4-8-14/h1-8,23-24H,9-10H2. The Morgan fingerprint density at radius 2 is 1.04 bits per heavy atom. The van der Waals surface area contributed by atoms with Crippen molar-refractivity contribution in [3.8, 4) is 22.5 Å². The quantitative estimate of drug-likeness (QED) is 0.582. The van der Waals surface area contributed by atoms with E-state index in [-0.39, 0.29) is 13.2 Å². The van der Waals surface area contributed by atoms with Gasteiger partial charge in [-0.1, -0.05) is 48.5 Å². The summed E-state index contributed by atoms with van der Waals surface area (Å²) < 4.78 is 1.28. The summed E-state index contributed by atoms with van der Waals surface area (Å²) in [7, 11) is 0. The van der Waals surface area contributed by atoms with Crippen molar-refractivity contribution in [3.05, 3.63) is 68.9 Å². The molecule has 0 bridgehead atoms. The molecular formula is C18H14Br2N2O2. The van der Waals surface area contributed by atoms with Crippen LogP contribution in [-0.2, 0) is 13.2 Å². The van der Waals surface area contributed by atoms with Crippen molar-refractivity contribution in [3.63, 3.8) is 0 Å². The first kappa shape index (κ1) is 17.2. The lowest BCUT2D eigenvalue weighted by atomic mass is 10.1. The van der Waals surface area contributed by atoms with Gasteiger partial charge in [0.05, 0.1) is 29.1 Å². The van der Waals surface area contributed by atoms with Crippen molar-refractivity contribution in [1.29, 1.82) is 0 Å². The molecule has 0 radical (unpaired) electrons. The van der Waals surface area contributed by atoms with Crippen LogP contribution in [0.2, 0.25) is 0 Å². The summed E-state index contributed by atoms with van der Waals surface area (Å²) in [5.41, 5.74) is 5.08. The minimum absolute atomic E-state index is 0.0113. The SMILES string of the molecule is OCc1ccc(-c2nc(Br)nc(-c3ccc(CO)cc3)c2Br)cc1. The molecule has 0 fully saturated rings. The lowest BCUT2D eigenvalue weighted by Gasteiger charge is -2.11. The molecule has 2 N–H and O–H groups in total. The van der Waals surface area contributed by atoms with Gasteiger partial charge in [0.1, 0.15) is 0 Å². The molecule has 6 heteroatoms. The molecule has 0 aliphatic rings. The van der Waals surface area contributed by atoms with Gasteiger partial charge in [-0.2, -0.15) is 0 Å². The molecule has 3 rings (SSSR count). The van der Waals surface area contributed by atoms with Crippen LogP contribution in [0, 0.1) is 0 Å². The molecule has 2 aromatic carbocycles. The fraction of sp³-hybridized carbons (Fsp3) is 0.111. The number of halogens is 2. The molecular weight excluding hydrogens is 436 g/mol. The van der Waals surface area contributed by atoms with Gasteiger partial charge in [0.2, 0.25) is 0 Å². The number of benzene rings is 2. The van der Waals surface area contributed by atoms with E-state index < -0.39 is 0 Å². The number of aromatic nitrogens is 2. The molecule has 0 amide bonds. The van der Waals surface area contributed by atoms with Crippen molar-refractivity contribution in [2.24, 2.45) is 0 Å². The summed E-state index contributed by atoms with van der Waals surface area (Å²) in [6, 6.07) is 15.2. The Morgan fingerprint density at radius 3 is 1.38 bits per heavy atom. The molecule has 0 saturated heterocycles. The molecule has 0 saturated carbocycles. The predicted molar refractivity (Wildman–Crippen MR) is 100 cm³/mol. The van der Waals surface area contributed by atoms with Crippen molar-refractivity contribution in [1.82, 2.24) is 9.97 Å². The van der Waals surface area contributed by atoms with Crippen LogP contribution < -0.4 is 0 Å². The minimum Gasteiger partial charge on any atom is -0.392 e. The summed E-state index contributed by atoms with van der Waals surface area (Å²) in [6.45, 7) is 0.0226. The maximum absolute atomic E-state index is 9.17. The van der Waals surface area contributed by atoms with E-state index in [1.807, 2.05) is 48.5 Å². The Hall–Kier alpha value is -1.60. The van der Waals surface area contributed by atoms with Gasteiger partial charge in [-0.15, -0.1) is 0 Å². The van der Waals surface area contributed by atoms with Crippen LogP contribution in [0.25, 0.3) is 22.5 Å². The number of nitrogens with zero attached hydrogens (tertiary/aromatic N) is 2.